The molecule has 0 bridgehead atoms. The summed E-state index contributed by atoms with van der Waals surface area (Å²) in [5.74, 6) is 0.792. The number of nitrogens with two attached hydrogens (primary N) is 1. The van der Waals surface area contributed by atoms with Crippen LogP contribution in [0.15, 0.2) is 53.4 Å². The van der Waals surface area contributed by atoms with E-state index < -0.39 is 0 Å². The van der Waals surface area contributed by atoms with E-state index in [0.29, 0.717) is 0 Å². The zero-order chi connectivity index (χ0) is 13.0. The largest absolute Gasteiger partial charge is 0.323 e. The van der Waals surface area contributed by atoms with Crippen LogP contribution in [0.2, 0.25) is 10.0 Å². The van der Waals surface area contributed by atoms with Gasteiger partial charge >= 0.3 is 0 Å². The van der Waals surface area contributed by atoms with Crippen LogP contribution in [0.1, 0.15) is 11.6 Å². The maximum absolute atomic E-state index is 6.14. The molecule has 0 heterocycles. The summed E-state index contributed by atoms with van der Waals surface area (Å²) in [6, 6.07) is 15.4. The molecule has 1 nitrogen and oxygen atoms in total. The number of hydrogen-bond donors (Lipinski definition) is 1. The van der Waals surface area contributed by atoms with E-state index >= 15 is 0 Å². The molecule has 0 fully saturated rings. The molecule has 0 aliphatic heterocycles. The van der Waals surface area contributed by atoms with Crippen LogP contribution < -0.4 is 5.73 Å². The Labute approximate surface area is 121 Å². The number of benzene rings is 2. The first-order chi connectivity index (χ1) is 8.65. The Morgan fingerprint density at radius 3 is 2.33 bits per heavy atom. The molecule has 2 aromatic rings. The van der Waals surface area contributed by atoms with Crippen molar-refractivity contribution in [2.45, 2.75) is 10.9 Å². The van der Waals surface area contributed by atoms with Crippen LogP contribution in [0.5, 0.6) is 0 Å². The van der Waals surface area contributed by atoms with Crippen molar-refractivity contribution in [2.24, 2.45) is 5.73 Å². The summed E-state index contributed by atoms with van der Waals surface area (Å²) >= 11 is 13.6. The number of thioether (sulfide) groups is 1. The predicted octanol–water partition coefficient (Wildman–Crippen LogP) is 4.79. The normalized spacial score (nSPS) is 12.4. The molecule has 0 aromatic heterocycles. The zero-order valence-electron chi connectivity index (χ0n) is 9.64. The summed E-state index contributed by atoms with van der Waals surface area (Å²) in [7, 11) is 0. The molecule has 0 saturated carbocycles. The predicted molar refractivity (Wildman–Crippen MR) is 80.6 cm³/mol. The second kappa shape index (κ2) is 6.48. The minimum Gasteiger partial charge on any atom is -0.323 e. The molecule has 1 atom stereocenters. The topological polar surface area (TPSA) is 26.0 Å². The Balaban J connectivity index is 1.98. The van der Waals surface area contributed by atoms with Crippen LogP contribution in [0, 0.1) is 0 Å². The average molecular weight is 298 g/mol. The van der Waals surface area contributed by atoms with Gasteiger partial charge < -0.3 is 5.73 Å². The second-order valence-corrected chi connectivity index (χ2v) is 5.90. The smallest absolute Gasteiger partial charge is 0.0417 e. The minimum atomic E-state index is -0.0346. The molecule has 0 saturated heterocycles. The Hall–Kier alpha value is -0.670. The third-order valence-corrected chi connectivity index (χ3v) is 4.09. The first kappa shape index (κ1) is 13.8. The number of halogens is 2. The van der Waals surface area contributed by atoms with E-state index in [1.165, 1.54) is 0 Å². The lowest BCUT2D eigenvalue weighted by molar-refractivity contribution is 0.831. The lowest BCUT2D eigenvalue weighted by Crippen LogP contribution is -2.12. The van der Waals surface area contributed by atoms with Crippen molar-refractivity contribution in [1.82, 2.24) is 0 Å². The first-order valence-electron chi connectivity index (χ1n) is 5.54. The molecular formula is C14H13Cl2NS. The molecule has 94 valence electrons. The van der Waals surface area contributed by atoms with Crippen LogP contribution in [-0.2, 0) is 0 Å². The highest BCUT2D eigenvalue weighted by molar-refractivity contribution is 7.99. The van der Waals surface area contributed by atoms with Gasteiger partial charge in [0.05, 0.1) is 0 Å². The highest BCUT2D eigenvalue weighted by atomic mass is 35.5. The second-order valence-electron chi connectivity index (χ2n) is 3.93. The zero-order valence-corrected chi connectivity index (χ0v) is 12.0. The van der Waals surface area contributed by atoms with Crippen LogP contribution >= 0.6 is 35.0 Å². The van der Waals surface area contributed by atoms with Crippen molar-refractivity contribution < 1.29 is 0 Å². The van der Waals surface area contributed by atoms with E-state index in [-0.39, 0.29) is 6.04 Å². The fourth-order valence-electron chi connectivity index (χ4n) is 1.58. The lowest BCUT2D eigenvalue weighted by Gasteiger charge is -2.12. The summed E-state index contributed by atoms with van der Waals surface area (Å²) < 4.78 is 0. The summed E-state index contributed by atoms with van der Waals surface area (Å²) in [4.78, 5) is 1.12. The van der Waals surface area contributed by atoms with Gasteiger partial charge in [-0.25, -0.2) is 0 Å². The fourth-order valence-corrected chi connectivity index (χ4v) is 2.98. The molecule has 0 aliphatic rings. The van der Waals surface area contributed by atoms with Gasteiger partial charge in [-0.1, -0.05) is 41.4 Å². The summed E-state index contributed by atoms with van der Waals surface area (Å²) in [6.07, 6.45) is 0. The Bertz CT molecular complexity index is 531. The van der Waals surface area contributed by atoms with Crippen LogP contribution in [-0.4, -0.2) is 5.75 Å². The van der Waals surface area contributed by atoms with E-state index in [1.54, 1.807) is 11.8 Å². The van der Waals surface area contributed by atoms with Gasteiger partial charge in [-0.3, -0.25) is 0 Å². The van der Waals surface area contributed by atoms with Gasteiger partial charge in [-0.15, -0.1) is 11.8 Å². The molecule has 2 N–H and O–H groups in total. The highest BCUT2D eigenvalue weighted by Crippen LogP contribution is 2.26. The molecule has 18 heavy (non-hydrogen) atoms. The SMILES string of the molecule is NC(CSc1cccc(Cl)c1)c1cccc(Cl)c1. The van der Waals surface area contributed by atoms with Crippen molar-refractivity contribution in [3.8, 4) is 0 Å². The Morgan fingerprint density at radius 1 is 1.00 bits per heavy atom. The number of hydrogen-bond acceptors (Lipinski definition) is 2. The monoisotopic (exact) mass is 297 g/mol. The van der Waals surface area contributed by atoms with Gasteiger partial charge in [0.1, 0.15) is 0 Å². The van der Waals surface area contributed by atoms with Crippen LogP contribution in [0.4, 0.5) is 0 Å². The van der Waals surface area contributed by atoms with Gasteiger partial charge in [0, 0.05) is 26.7 Å². The Morgan fingerprint density at radius 2 is 1.67 bits per heavy atom. The molecule has 4 heteroatoms. The molecule has 0 aliphatic carbocycles. The lowest BCUT2D eigenvalue weighted by atomic mass is 10.1. The standard InChI is InChI=1S/C14H13Cl2NS/c15-11-4-1-3-10(7-11)14(17)9-18-13-6-2-5-12(16)8-13/h1-8,14H,9,17H2. The maximum atomic E-state index is 6.14. The fraction of sp³-hybridized carbons (Fsp3) is 0.143. The van der Waals surface area contributed by atoms with Gasteiger partial charge in [-0.2, -0.15) is 0 Å². The Kier molecular flexibility index (Phi) is 4.95. The summed E-state index contributed by atoms with van der Waals surface area (Å²) in [5.41, 5.74) is 7.19. The van der Waals surface area contributed by atoms with Gasteiger partial charge in [0.2, 0.25) is 0 Å². The molecule has 0 amide bonds. The maximum Gasteiger partial charge on any atom is 0.0417 e. The van der Waals surface area contributed by atoms with E-state index in [1.807, 2.05) is 48.5 Å². The first-order valence-corrected chi connectivity index (χ1v) is 7.29. The average Bonchev–Trinajstić information content (AvgIpc) is 2.36. The quantitative estimate of drug-likeness (QED) is 0.822. The van der Waals surface area contributed by atoms with Crippen LogP contribution in [0.25, 0.3) is 0 Å². The van der Waals surface area contributed by atoms with E-state index in [0.717, 1.165) is 26.3 Å². The van der Waals surface area contributed by atoms with Crippen molar-refractivity contribution in [3.05, 3.63) is 64.1 Å². The van der Waals surface area contributed by atoms with Gasteiger partial charge in [0.15, 0.2) is 0 Å². The van der Waals surface area contributed by atoms with E-state index in [2.05, 4.69) is 0 Å². The third-order valence-electron chi connectivity index (χ3n) is 2.50. The molecular weight excluding hydrogens is 285 g/mol. The molecule has 2 aromatic carbocycles. The van der Waals surface area contributed by atoms with E-state index in [9.17, 15) is 0 Å². The summed E-state index contributed by atoms with van der Waals surface area (Å²) in [5, 5.41) is 1.46. The third kappa shape index (κ3) is 3.92. The van der Waals surface area contributed by atoms with Crippen molar-refractivity contribution in [3.63, 3.8) is 0 Å². The molecule has 0 radical (unpaired) electrons. The van der Waals surface area contributed by atoms with Crippen molar-refractivity contribution in [1.29, 1.82) is 0 Å². The van der Waals surface area contributed by atoms with Crippen molar-refractivity contribution in [2.75, 3.05) is 5.75 Å². The number of rotatable bonds is 4. The molecule has 0 spiro atoms. The minimum absolute atomic E-state index is 0.0346. The van der Waals surface area contributed by atoms with Crippen LogP contribution in [0.3, 0.4) is 0 Å². The summed E-state index contributed by atoms with van der Waals surface area (Å²) in [6.45, 7) is 0. The van der Waals surface area contributed by atoms with Gasteiger partial charge in [0.25, 0.3) is 0 Å². The van der Waals surface area contributed by atoms with Gasteiger partial charge in [-0.05, 0) is 35.9 Å². The van der Waals surface area contributed by atoms with E-state index in [4.69, 9.17) is 28.9 Å². The highest BCUT2D eigenvalue weighted by Gasteiger charge is 2.07. The molecule has 2 rings (SSSR count). The molecule has 1 unspecified atom stereocenters. The van der Waals surface area contributed by atoms with Crippen molar-refractivity contribution >= 4 is 35.0 Å².